The van der Waals surface area contributed by atoms with Gasteiger partial charge in [0.25, 0.3) is 0 Å². The molecule has 0 radical (unpaired) electrons. The first-order valence-electron chi connectivity index (χ1n) is 11.9. The smallest absolute Gasteiger partial charge is 0.245 e. The van der Waals surface area contributed by atoms with Gasteiger partial charge in [0.1, 0.15) is 36.4 Å². The molecule has 4 amide bonds. The molecule has 3 aliphatic rings. The quantitative estimate of drug-likeness (QED) is 0.245. The monoisotopic (exact) mass is 500 g/mol. The molecule has 13 heteroatoms. The van der Waals surface area contributed by atoms with E-state index in [4.69, 9.17) is 14.2 Å². The zero-order chi connectivity index (χ0) is 26.1. The third-order valence-corrected chi connectivity index (χ3v) is 6.56. The summed E-state index contributed by atoms with van der Waals surface area (Å²) in [6, 6.07) is -4.40. The first-order valence-corrected chi connectivity index (χ1v) is 11.9. The van der Waals surface area contributed by atoms with Crippen LogP contribution in [0.25, 0.3) is 0 Å². The minimum atomic E-state index is -1.36. The lowest BCUT2D eigenvalue weighted by molar-refractivity contribution is -0.218. The molecule has 0 aromatic rings. The standard InChI is InChI=1S/C22H36N4O9/c1-6-9(2)14-20(32)25-12(8-27)19(31)24-11(7-13(28)23-10(3)18(30)26-14)16-15(29)17-21(33-16)35-22(4,5)34-17/h9-12,14-17,21,27,29H,6-8H2,1-5H3,(H,23,28)(H,24,31)(H,25,32)(H,26,30)/t9?,10-,11-,12-,14-,15-,16?,17+,21+/m0/s1. The number of amides is 4. The highest BCUT2D eigenvalue weighted by atomic mass is 16.8. The van der Waals surface area contributed by atoms with Gasteiger partial charge < -0.3 is 45.7 Å². The van der Waals surface area contributed by atoms with Gasteiger partial charge in [-0.3, -0.25) is 19.2 Å². The molecule has 3 fully saturated rings. The first-order chi connectivity index (χ1) is 16.4. The van der Waals surface area contributed by atoms with E-state index in [0.29, 0.717) is 6.42 Å². The van der Waals surface area contributed by atoms with Gasteiger partial charge >= 0.3 is 0 Å². The number of fused-ring (bicyclic) bond motifs is 1. The number of ether oxygens (including phenoxy) is 3. The van der Waals surface area contributed by atoms with Crippen molar-refractivity contribution >= 4 is 23.6 Å². The van der Waals surface area contributed by atoms with Crippen LogP contribution in [0.3, 0.4) is 0 Å². The summed E-state index contributed by atoms with van der Waals surface area (Å²) in [5.41, 5.74) is 0. The van der Waals surface area contributed by atoms with Gasteiger partial charge in [-0.2, -0.15) is 0 Å². The Balaban J connectivity index is 1.86. The molecule has 0 bridgehead atoms. The number of carbonyl (C=O) groups excluding carboxylic acids is 4. The Kier molecular flexibility index (Phi) is 8.37. The summed E-state index contributed by atoms with van der Waals surface area (Å²) in [4.78, 5) is 51.4. The Bertz CT molecular complexity index is 838. The molecule has 0 spiro atoms. The van der Waals surface area contributed by atoms with Crippen molar-refractivity contribution in [1.29, 1.82) is 0 Å². The van der Waals surface area contributed by atoms with Crippen LogP contribution in [0, 0.1) is 5.92 Å². The highest BCUT2D eigenvalue weighted by Gasteiger charge is 2.56. The summed E-state index contributed by atoms with van der Waals surface area (Å²) in [6.45, 7) is 7.67. The molecule has 35 heavy (non-hydrogen) atoms. The van der Waals surface area contributed by atoms with Crippen molar-refractivity contribution in [3.05, 3.63) is 0 Å². The van der Waals surface area contributed by atoms with Gasteiger partial charge in [0.05, 0.1) is 12.6 Å². The minimum absolute atomic E-state index is 0.284. The second-order valence-corrected chi connectivity index (χ2v) is 9.78. The third-order valence-electron chi connectivity index (χ3n) is 6.56. The van der Waals surface area contributed by atoms with Crippen molar-refractivity contribution in [2.75, 3.05) is 6.61 Å². The van der Waals surface area contributed by atoms with Crippen molar-refractivity contribution in [2.24, 2.45) is 5.92 Å². The van der Waals surface area contributed by atoms with Crippen LogP contribution in [-0.2, 0) is 33.4 Å². The number of aliphatic hydroxyl groups excluding tert-OH is 2. The summed E-state index contributed by atoms with van der Waals surface area (Å²) in [6.07, 6.45) is -3.88. The van der Waals surface area contributed by atoms with E-state index in [1.165, 1.54) is 6.92 Å². The molecule has 0 aromatic heterocycles. The van der Waals surface area contributed by atoms with Crippen LogP contribution in [0.1, 0.15) is 47.5 Å². The molecular weight excluding hydrogens is 464 g/mol. The number of rotatable bonds is 4. The van der Waals surface area contributed by atoms with Crippen LogP contribution in [0.4, 0.5) is 0 Å². The lowest BCUT2D eigenvalue weighted by Crippen LogP contribution is -2.59. The van der Waals surface area contributed by atoms with E-state index in [1.54, 1.807) is 20.8 Å². The van der Waals surface area contributed by atoms with Crippen molar-refractivity contribution in [3.63, 3.8) is 0 Å². The second-order valence-electron chi connectivity index (χ2n) is 9.78. The van der Waals surface area contributed by atoms with Crippen molar-refractivity contribution in [2.45, 2.75) is 102 Å². The maximum absolute atomic E-state index is 13.0. The van der Waals surface area contributed by atoms with Crippen LogP contribution >= 0.6 is 0 Å². The number of hydrogen-bond acceptors (Lipinski definition) is 9. The van der Waals surface area contributed by atoms with Crippen molar-refractivity contribution in [1.82, 2.24) is 21.3 Å². The summed E-state index contributed by atoms with van der Waals surface area (Å²) in [5.74, 6) is -3.86. The van der Waals surface area contributed by atoms with E-state index in [2.05, 4.69) is 21.3 Å². The molecule has 198 valence electrons. The van der Waals surface area contributed by atoms with E-state index in [-0.39, 0.29) is 12.3 Å². The maximum Gasteiger partial charge on any atom is 0.245 e. The fraction of sp³-hybridized carbons (Fsp3) is 0.818. The Morgan fingerprint density at radius 3 is 2.29 bits per heavy atom. The summed E-state index contributed by atoms with van der Waals surface area (Å²) in [7, 11) is 0. The Hall–Kier alpha value is -2.32. The lowest BCUT2D eigenvalue weighted by atomic mass is 9.97. The zero-order valence-corrected chi connectivity index (χ0v) is 20.6. The van der Waals surface area contributed by atoms with Gasteiger partial charge in [0.2, 0.25) is 23.6 Å². The summed E-state index contributed by atoms with van der Waals surface area (Å²) < 4.78 is 17.1. The van der Waals surface area contributed by atoms with Gasteiger partial charge in [0, 0.05) is 6.42 Å². The fourth-order valence-corrected chi connectivity index (χ4v) is 4.38. The predicted molar refractivity (Wildman–Crippen MR) is 119 cm³/mol. The average molecular weight is 501 g/mol. The van der Waals surface area contributed by atoms with Crippen molar-refractivity contribution < 1.29 is 43.6 Å². The number of hydrogen-bond donors (Lipinski definition) is 6. The van der Waals surface area contributed by atoms with Crippen molar-refractivity contribution in [3.8, 4) is 0 Å². The summed E-state index contributed by atoms with van der Waals surface area (Å²) in [5, 5.41) is 30.9. The van der Waals surface area contributed by atoms with Gasteiger partial charge in [-0.15, -0.1) is 0 Å². The largest absolute Gasteiger partial charge is 0.394 e. The lowest BCUT2D eigenvalue weighted by Gasteiger charge is -2.30. The number of nitrogens with one attached hydrogen (secondary N) is 4. The highest BCUT2D eigenvalue weighted by molar-refractivity contribution is 5.95. The molecular formula is C22H36N4O9. The molecule has 0 aromatic carbocycles. The van der Waals surface area contributed by atoms with Crippen LogP contribution in [0.2, 0.25) is 0 Å². The van der Waals surface area contributed by atoms with E-state index in [0.717, 1.165) is 0 Å². The van der Waals surface area contributed by atoms with Gasteiger partial charge in [0.15, 0.2) is 12.1 Å². The van der Waals surface area contributed by atoms with Crippen LogP contribution < -0.4 is 21.3 Å². The average Bonchev–Trinajstić information content (AvgIpc) is 3.25. The molecule has 9 atom stereocenters. The molecule has 3 saturated heterocycles. The summed E-state index contributed by atoms with van der Waals surface area (Å²) >= 11 is 0. The van der Waals surface area contributed by atoms with E-state index in [9.17, 15) is 29.4 Å². The highest BCUT2D eigenvalue weighted by Crippen LogP contribution is 2.38. The first kappa shape index (κ1) is 27.3. The van der Waals surface area contributed by atoms with Gasteiger partial charge in [-0.05, 0) is 26.7 Å². The van der Waals surface area contributed by atoms with E-state index < -0.39 is 84.8 Å². The maximum atomic E-state index is 13.0. The zero-order valence-electron chi connectivity index (χ0n) is 20.6. The molecule has 0 aliphatic carbocycles. The fourth-order valence-electron chi connectivity index (χ4n) is 4.38. The van der Waals surface area contributed by atoms with E-state index in [1.807, 2.05) is 6.92 Å². The number of aliphatic hydroxyl groups is 2. The Labute approximate surface area is 203 Å². The normalized spacial score (nSPS) is 39.2. The molecule has 13 nitrogen and oxygen atoms in total. The third kappa shape index (κ3) is 6.09. The second kappa shape index (κ2) is 10.7. The van der Waals surface area contributed by atoms with Gasteiger partial charge in [-0.25, -0.2) is 0 Å². The molecule has 3 rings (SSSR count). The Morgan fingerprint density at radius 2 is 1.69 bits per heavy atom. The molecule has 3 aliphatic heterocycles. The SMILES string of the molecule is CCC(C)[C@@H]1NC(=O)[C@H](C)NC(=O)C[C@@H](C2O[C@@H]3OC(C)(C)O[C@@H]3[C@H]2O)NC(=O)[C@H](CO)NC1=O. The Morgan fingerprint density at radius 1 is 1.00 bits per heavy atom. The van der Waals surface area contributed by atoms with Crippen LogP contribution in [0.15, 0.2) is 0 Å². The van der Waals surface area contributed by atoms with E-state index >= 15 is 0 Å². The molecule has 0 saturated carbocycles. The van der Waals surface area contributed by atoms with Gasteiger partial charge in [-0.1, -0.05) is 20.3 Å². The topological polar surface area (TPSA) is 185 Å². The number of carbonyl (C=O) groups is 4. The predicted octanol–water partition coefficient (Wildman–Crippen LogP) is -2.38. The van der Waals surface area contributed by atoms with Crippen LogP contribution in [-0.4, -0.2) is 95.0 Å². The molecule has 3 heterocycles. The molecule has 2 unspecified atom stereocenters. The van der Waals surface area contributed by atoms with Crippen LogP contribution in [0.5, 0.6) is 0 Å². The molecule has 6 N–H and O–H groups in total. The minimum Gasteiger partial charge on any atom is -0.394 e.